The quantitative estimate of drug-likeness (QED) is 0.766. The van der Waals surface area contributed by atoms with Crippen molar-refractivity contribution < 1.29 is 8.42 Å². The molecule has 0 spiro atoms. The monoisotopic (exact) mass is 248 g/mol. The van der Waals surface area contributed by atoms with Gasteiger partial charge in [0.25, 0.3) is 0 Å². The number of hydrogen-bond acceptors (Lipinski definition) is 3. The zero-order valence-corrected chi connectivity index (χ0v) is 11.3. The van der Waals surface area contributed by atoms with E-state index in [1.165, 1.54) is 6.42 Å². The Kier molecular flexibility index (Phi) is 5.21. The lowest BCUT2D eigenvalue weighted by Crippen LogP contribution is -2.44. The summed E-state index contributed by atoms with van der Waals surface area (Å²) >= 11 is 0. The lowest BCUT2D eigenvalue weighted by Gasteiger charge is -2.28. The molecule has 0 amide bonds. The Hall–Kier alpha value is -0.130. The van der Waals surface area contributed by atoms with Crippen LogP contribution in [0.5, 0.6) is 0 Å². The van der Waals surface area contributed by atoms with Gasteiger partial charge in [-0.1, -0.05) is 19.8 Å². The molecule has 1 aliphatic carbocycles. The van der Waals surface area contributed by atoms with Gasteiger partial charge >= 0.3 is 0 Å². The van der Waals surface area contributed by atoms with Crippen LogP contribution in [0.2, 0.25) is 0 Å². The number of hydrogen-bond donors (Lipinski definition) is 2. The minimum Gasteiger partial charge on any atom is -0.318 e. The summed E-state index contributed by atoms with van der Waals surface area (Å²) in [6.07, 6.45) is 4.32. The fourth-order valence-corrected chi connectivity index (χ4v) is 3.58. The highest BCUT2D eigenvalue weighted by Gasteiger charge is 2.26. The maximum absolute atomic E-state index is 11.9. The maximum atomic E-state index is 11.9. The van der Waals surface area contributed by atoms with Crippen LogP contribution in [-0.4, -0.2) is 33.3 Å². The van der Waals surface area contributed by atoms with E-state index in [2.05, 4.69) is 17.0 Å². The van der Waals surface area contributed by atoms with E-state index in [0.29, 0.717) is 12.5 Å². The van der Waals surface area contributed by atoms with Gasteiger partial charge in [-0.3, -0.25) is 0 Å². The Balaban J connectivity index is 2.51. The van der Waals surface area contributed by atoms with Gasteiger partial charge in [0.1, 0.15) is 0 Å². The van der Waals surface area contributed by atoms with Crippen LogP contribution in [0.1, 0.15) is 39.5 Å². The molecule has 0 heterocycles. The summed E-state index contributed by atoms with van der Waals surface area (Å²) < 4.78 is 26.7. The molecule has 2 N–H and O–H groups in total. The van der Waals surface area contributed by atoms with Crippen LogP contribution in [0.25, 0.3) is 0 Å². The molecule has 1 fully saturated rings. The summed E-state index contributed by atoms with van der Waals surface area (Å²) in [5.74, 6) is 0.640. The highest BCUT2D eigenvalue weighted by Crippen LogP contribution is 2.24. The molecule has 0 aliphatic heterocycles. The Labute approximate surface area is 99.2 Å². The first-order valence-corrected chi connectivity index (χ1v) is 7.66. The summed E-state index contributed by atoms with van der Waals surface area (Å²) in [6, 6.07) is 0.146. The van der Waals surface area contributed by atoms with E-state index in [-0.39, 0.29) is 11.3 Å². The molecular formula is C11H24N2O2S. The second-order valence-electron chi connectivity index (χ2n) is 5.00. The zero-order valence-electron chi connectivity index (χ0n) is 10.5. The first kappa shape index (κ1) is 13.9. The van der Waals surface area contributed by atoms with Gasteiger partial charge in [-0.15, -0.1) is 0 Å². The van der Waals surface area contributed by atoms with Crippen LogP contribution >= 0.6 is 0 Å². The van der Waals surface area contributed by atoms with Crippen LogP contribution in [0.15, 0.2) is 0 Å². The molecule has 3 atom stereocenters. The molecule has 3 unspecified atom stereocenters. The fraction of sp³-hybridized carbons (Fsp3) is 1.00. The Morgan fingerprint density at radius 1 is 1.38 bits per heavy atom. The van der Waals surface area contributed by atoms with Gasteiger partial charge < -0.3 is 5.32 Å². The van der Waals surface area contributed by atoms with Crippen molar-refractivity contribution in [3.05, 3.63) is 0 Å². The minimum atomic E-state index is -3.16. The SMILES string of the molecule is CNCC(C)S(=O)(=O)NC1CCCC(C)C1. The molecule has 0 bridgehead atoms. The van der Waals surface area contributed by atoms with Gasteiger partial charge in [0, 0.05) is 12.6 Å². The average Bonchev–Trinajstić information content (AvgIpc) is 2.17. The molecule has 96 valence electrons. The topological polar surface area (TPSA) is 58.2 Å². The van der Waals surface area contributed by atoms with Crippen molar-refractivity contribution in [1.29, 1.82) is 0 Å². The van der Waals surface area contributed by atoms with E-state index >= 15 is 0 Å². The van der Waals surface area contributed by atoms with E-state index in [9.17, 15) is 8.42 Å². The number of sulfonamides is 1. The van der Waals surface area contributed by atoms with E-state index in [0.717, 1.165) is 19.3 Å². The van der Waals surface area contributed by atoms with E-state index < -0.39 is 10.0 Å². The van der Waals surface area contributed by atoms with E-state index in [1.807, 2.05) is 0 Å². The molecule has 0 aromatic carbocycles. The molecule has 4 nitrogen and oxygen atoms in total. The van der Waals surface area contributed by atoms with E-state index in [1.54, 1.807) is 14.0 Å². The first-order chi connectivity index (χ1) is 7.45. The molecular weight excluding hydrogens is 224 g/mol. The molecule has 0 radical (unpaired) electrons. The van der Waals surface area contributed by atoms with Crippen molar-refractivity contribution in [1.82, 2.24) is 10.0 Å². The number of nitrogens with one attached hydrogen (secondary N) is 2. The molecule has 1 rings (SSSR count). The van der Waals surface area contributed by atoms with Crippen LogP contribution in [-0.2, 0) is 10.0 Å². The van der Waals surface area contributed by atoms with Crippen LogP contribution in [0, 0.1) is 5.92 Å². The van der Waals surface area contributed by atoms with Crippen molar-refractivity contribution in [2.24, 2.45) is 5.92 Å². The average molecular weight is 248 g/mol. The van der Waals surface area contributed by atoms with Crippen LogP contribution in [0.3, 0.4) is 0 Å². The first-order valence-electron chi connectivity index (χ1n) is 6.11. The second kappa shape index (κ2) is 5.98. The molecule has 0 aromatic rings. The van der Waals surface area contributed by atoms with Crippen molar-refractivity contribution in [3.8, 4) is 0 Å². The lowest BCUT2D eigenvalue weighted by atomic mass is 9.88. The second-order valence-corrected chi connectivity index (χ2v) is 7.13. The molecule has 0 aromatic heterocycles. The highest BCUT2D eigenvalue weighted by molar-refractivity contribution is 7.90. The summed E-state index contributed by atoms with van der Waals surface area (Å²) in [5.41, 5.74) is 0. The zero-order chi connectivity index (χ0) is 12.2. The summed E-state index contributed by atoms with van der Waals surface area (Å²) in [7, 11) is -1.39. The summed E-state index contributed by atoms with van der Waals surface area (Å²) in [5, 5.41) is 2.53. The molecule has 16 heavy (non-hydrogen) atoms. The Bertz CT molecular complexity index is 303. The van der Waals surface area contributed by atoms with Crippen molar-refractivity contribution in [3.63, 3.8) is 0 Å². The Morgan fingerprint density at radius 2 is 2.06 bits per heavy atom. The van der Waals surface area contributed by atoms with Crippen molar-refractivity contribution >= 4 is 10.0 Å². The van der Waals surface area contributed by atoms with Crippen molar-refractivity contribution in [2.75, 3.05) is 13.6 Å². The van der Waals surface area contributed by atoms with Crippen LogP contribution < -0.4 is 10.0 Å². The highest BCUT2D eigenvalue weighted by atomic mass is 32.2. The predicted molar refractivity (Wildman–Crippen MR) is 66.9 cm³/mol. The normalized spacial score (nSPS) is 28.9. The lowest BCUT2D eigenvalue weighted by molar-refractivity contribution is 0.326. The van der Waals surface area contributed by atoms with Gasteiger partial charge in [-0.2, -0.15) is 0 Å². The standard InChI is InChI=1S/C11H24N2O2S/c1-9-5-4-6-11(7-9)13-16(14,15)10(2)8-12-3/h9-13H,4-8H2,1-3H3. The van der Waals surface area contributed by atoms with Gasteiger partial charge in [0.05, 0.1) is 5.25 Å². The fourth-order valence-electron chi connectivity index (χ4n) is 2.29. The molecule has 1 saturated carbocycles. The minimum absolute atomic E-state index is 0.146. The van der Waals surface area contributed by atoms with E-state index in [4.69, 9.17) is 0 Å². The third-order valence-corrected chi connectivity index (χ3v) is 5.18. The molecule has 0 saturated heterocycles. The maximum Gasteiger partial charge on any atom is 0.215 e. The third kappa shape index (κ3) is 4.03. The summed E-state index contributed by atoms with van der Waals surface area (Å²) in [6.45, 7) is 4.43. The van der Waals surface area contributed by atoms with Crippen molar-refractivity contribution in [2.45, 2.75) is 50.8 Å². The predicted octanol–water partition coefficient (Wildman–Crippen LogP) is 1.09. The Morgan fingerprint density at radius 3 is 2.62 bits per heavy atom. The van der Waals surface area contributed by atoms with Gasteiger partial charge in [-0.05, 0) is 32.7 Å². The molecule has 5 heteroatoms. The van der Waals surface area contributed by atoms with Gasteiger partial charge in [0.15, 0.2) is 0 Å². The number of rotatable bonds is 5. The summed E-state index contributed by atoms with van der Waals surface area (Å²) in [4.78, 5) is 0. The largest absolute Gasteiger partial charge is 0.318 e. The van der Waals surface area contributed by atoms with Gasteiger partial charge in [0.2, 0.25) is 10.0 Å². The van der Waals surface area contributed by atoms with Crippen LogP contribution in [0.4, 0.5) is 0 Å². The van der Waals surface area contributed by atoms with Gasteiger partial charge in [-0.25, -0.2) is 13.1 Å². The third-order valence-electron chi connectivity index (χ3n) is 3.29. The molecule has 1 aliphatic rings. The smallest absolute Gasteiger partial charge is 0.215 e.